The maximum Gasteiger partial charge on any atom is 0.249 e. The van der Waals surface area contributed by atoms with E-state index in [9.17, 15) is 14.7 Å². The smallest absolute Gasteiger partial charge is 0.249 e. The zero-order valence-corrected chi connectivity index (χ0v) is 13.7. The molecular formula is C18H19N3O4. The number of amides is 2. The number of phenols is 1. The second-order valence-electron chi connectivity index (χ2n) is 5.03. The molecule has 0 heterocycles. The number of benzene rings is 2. The number of hydrazone groups is 1. The Morgan fingerprint density at radius 2 is 1.84 bits per heavy atom. The second-order valence-corrected chi connectivity index (χ2v) is 5.03. The number of para-hydroxylation sites is 1. The predicted octanol–water partition coefficient (Wildman–Crippen LogP) is 2.27. The van der Waals surface area contributed by atoms with Crippen LogP contribution in [0.2, 0.25) is 0 Å². The second kappa shape index (κ2) is 9.07. The van der Waals surface area contributed by atoms with Gasteiger partial charge in [-0.3, -0.25) is 9.59 Å². The third-order valence-corrected chi connectivity index (χ3v) is 3.10. The summed E-state index contributed by atoms with van der Waals surface area (Å²) in [5.41, 5.74) is 3.27. The molecule has 0 radical (unpaired) electrons. The number of hydrogen-bond acceptors (Lipinski definition) is 5. The Morgan fingerprint density at radius 3 is 2.52 bits per heavy atom. The van der Waals surface area contributed by atoms with Crippen LogP contribution in [0.25, 0.3) is 0 Å². The summed E-state index contributed by atoms with van der Waals surface area (Å²) in [7, 11) is 0. The highest BCUT2D eigenvalue weighted by atomic mass is 16.5. The molecule has 0 spiro atoms. The molecule has 2 aromatic rings. The van der Waals surface area contributed by atoms with E-state index in [0.717, 1.165) is 0 Å². The SMILES string of the molecule is CCOc1ccc(NC(=O)CC(=O)N/N=C/c2ccccc2O)cc1. The summed E-state index contributed by atoms with van der Waals surface area (Å²) in [5, 5.41) is 15.9. The highest BCUT2D eigenvalue weighted by Gasteiger charge is 2.09. The molecule has 0 aliphatic heterocycles. The molecule has 0 saturated carbocycles. The summed E-state index contributed by atoms with van der Waals surface area (Å²) in [6, 6.07) is 13.4. The molecule has 2 rings (SSSR count). The summed E-state index contributed by atoms with van der Waals surface area (Å²) in [4.78, 5) is 23.5. The number of rotatable bonds is 7. The molecule has 0 fully saturated rings. The first-order chi connectivity index (χ1) is 12.1. The van der Waals surface area contributed by atoms with Gasteiger partial charge in [0.15, 0.2) is 0 Å². The summed E-state index contributed by atoms with van der Waals surface area (Å²) >= 11 is 0. The van der Waals surface area contributed by atoms with Crippen molar-refractivity contribution in [2.75, 3.05) is 11.9 Å². The third kappa shape index (κ3) is 5.98. The number of hydrogen-bond donors (Lipinski definition) is 3. The Bertz CT molecular complexity index is 757. The summed E-state index contributed by atoms with van der Waals surface area (Å²) < 4.78 is 5.31. The molecule has 2 aromatic carbocycles. The van der Waals surface area contributed by atoms with E-state index in [1.807, 2.05) is 6.92 Å². The molecule has 3 N–H and O–H groups in total. The number of anilines is 1. The van der Waals surface area contributed by atoms with Crippen molar-refractivity contribution < 1.29 is 19.4 Å². The van der Waals surface area contributed by atoms with Crippen LogP contribution in [0.1, 0.15) is 18.9 Å². The van der Waals surface area contributed by atoms with Crippen LogP contribution >= 0.6 is 0 Å². The Labute approximate surface area is 145 Å². The molecule has 0 unspecified atom stereocenters. The fraction of sp³-hybridized carbons (Fsp3) is 0.167. The molecule has 0 atom stereocenters. The van der Waals surface area contributed by atoms with Crippen molar-refractivity contribution in [3.8, 4) is 11.5 Å². The molecule has 25 heavy (non-hydrogen) atoms. The fourth-order valence-corrected chi connectivity index (χ4v) is 1.96. The van der Waals surface area contributed by atoms with E-state index in [1.54, 1.807) is 42.5 Å². The molecule has 130 valence electrons. The van der Waals surface area contributed by atoms with Crippen LogP contribution in [0.3, 0.4) is 0 Å². The van der Waals surface area contributed by atoms with Gasteiger partial charge in [0.2, 0.25) is 11.8 Å². The summed E-state index contributed by atoms with van der Waals surface area (Å²) in [5.74, 6) is -0.264. The largest absolute Gasteiger partial charge is 0.507 e. The van der Waals surface area contributed by atoms with Crippen LogP contribution in [0.4, 0.5) is 5.69 Å². The van der Waals surface area contributed by atoms with Crippen molar-refractivity contribution in [1.29, 1.82) is 0 Å². The standard InChI is InChI=1S/C18H19N3O4/c1-2-25-15-9-7-14(8-10-15)20-17(23)11-18(24)21-19-12-13-5-3-4-6-16(13)22/h3-10,12,22H,2,11H2,1H3,(H,20,23)(H,21,24)/b19-12+. The molecule has 0 aromatic heterocycles. The molecule has 2 amide bonds. The quantitative estimate of drug-likeness (QED) is 0.408. The minimum Gasteiger partial charge on any atom is -0.507 e. The van der Waals surface area contributed by atoms with Crippen molar-refractivity contribution in [2.24, 2.45) is 5.10 Å². The van der Waals surface area contributed by atoms with E-state index in [1.165, 1.54) is 12.3 Å². The van der Waals surface area contributed by atoms with Crippen LogP contribution in [0.15, 0.2) is 53.6 Å². The van der Waals surface area contributed by atoms with Crippen molar-refractivity contribution in [3.05, 3.63) is 54.1 Å². The number of aromatic hydroxyl groups is 1. The molecule has 7 nitrogen and oxygen atoms in total. The summed E-state index contributed by atoms with van der Waals surface area (Å²) in [6.07, 6.45) is 0.933. The van der Waals surface area contributed by atoms with Crippen LogP contribution in [0.5, 0.6) is 11.5 Å². The maximum absolute atomic E-state index is 11.8. The van der Waals surface area contributed by atoms with E-state index in [4.69, 9.17) is 4.74 Å². The zero-order chi connectivity index (χ0) is 18.1. The van der Waals surface area contributed by atoms with Gasteiger partial charge in [0.05, 0.1) is 12.8 Å². The minimum atomic E-state index is -0.560. The van der Waals surface area contributed by atoms with Crippen LogP contribution in [0, 0.1) is 0 Å². The van der Waals surface area contributed by atoms with E-state index < -0.39 is 11.8 Å². The monoisotopic (exact) mass is 341 g/mol. The lowest BCUT2D eigenvalue weighted by atomic mass is 10.2. The lowest BCUT2D eigenvalue weighted by molar-refractivity contribution is -0.126. The average molecular weight is 341 g/mol. The van der Waals surface area contributed by atoms with Gasteiger partial charge in [-0.05, 0) is 43.3 Å². The molecule has 7 heteroatoms. The number of carbonyl (C=O) groups is 2. The van der Waals surface area contributed by atoms with Crippen LogP contribution in [-0.4, -0.2) is 29.7 Å². The third-order valence-electron chi connectivity index (χ3n) is 3.10. The first-order valence-electron chi connectivity index (χ1n) is 7.71. The van der Waals surface area contributed by atoms with Crippen LogP contribution < -0.4 is 15.5 Å². The average Bonchev–Trinajstić information content (AvgIpc) is 2.58. The van der Waals surface area contributed by atoms with Gasteiger partial charge >= 0.3 is 0 Å². The Hall–Kier alpha value is -3.35. The predicted molar refractivity (Wildman–Crippen MR) is 94.7 cm³/mol. The normalized spacial score (nSPS) is 10.4. The molecule has 0 saturated heterocycles. The molecule has 0 aliphatic rings. The highest BCUT2D eigenvalue weighted by Crippen LogP contribution is 2.15. The number of phenolic OH excluding ortho intramolecular Hbond substituents is 1. The lowest BCUT2D eigenvalue weighted by Gasteiger charge is -2.06. The van der Waals surface area contributed by atoms with Gasteiger partial charge in [-0.25, -0.2) is 5.43 Å². The van der Waals surface area contributed by atoms with Gasteiger partial charge in [0.25, 0.3) is 0 Å². The first kappa shape index (κ1) is 18.0. The maximum atomic E-state index is 11.8. The number of ether oxygens (including phenoxy) is 1. The Balaban J connectivity index is 1.80. The Kier molecular flexibility index (Phi) is 6.53. The number of carbonyl (C=O) groups excluding carboxylic acids is 2. The Morgan fingerprint density at radius 1 is 1.12 bits per heavy atom. The van der Waals surface area contributed by atoms with Gasteiger partial charge in [-0.1, -0.05) is 12.1 Å². The van der Waals surface area contributed by atoms with Gasteiger partial charge in [-0.15, -0.1) is 0 Å². The van der Waals surface area contributed by atoms with Crippen molar-refractivity contribution in [2.45, 2.75) is 13.3 Å². The fourth-order valence-electron chi connectivity index (χ4n) is 1.96. The van der Waals surface area contributed by atoms with E-state index in [0.29, 0.717) is 23.6 Å². The van der Waals surface area contributed by atoms with Crippen molar-refractivity contribution >= 4 is 23.7 Å². The molecule has 0 aliphatic carbocycles. The van der Waals surface area contributed by atoms with Gasteiger partial charge < -0.3 is 15.2 Å². The lowest BCUT2D eigenvalue weighted by Crippen LogP contribution is -2.24. The topological polar surface area (TPSA) is 100 Å². The minimum absolute atomic E-state index is 0.0498. The molecular weight excluding hydrogens is 322 g/mol. The van der Waals surface area contributed by atoms with Crippen LogP contribution in [-0.2, 0) is 9.59 Å². The van der Waals surface area contributed by atoms with Crippen molar-refractivity contribution in [1.82, 2.24) is 5.43 Å². The highest BCUT2D eigenvalue weighted by molar-refractivity contribution is 6.03. The van der Waals surface area contributed by atoms with E-state index in [2.05, 4.69) is 15.8 Å². The first-order valence-corrected chi connectivity index (χ1v) is 7.71. The number of nitrogens with one attached hydrogen (secondary N) is 2. The summed E-state index contributed by atoms with van der Waals surface area (Å²) in [6.45, 7) is 2.45. The van der Waals surface area contributed by atoms with Gasteiger partial charge in [-0.2, -0.15) is 5.10 Å². The number of nitrogens with zero attached hydrogens (tertiary/aromatic N) is 1. The zero-order valence-electron chi connectivity index (χ0n) is 13.7. The van der Waals surface area contributed by atoms with Gasteiger partial charge in [0, 0.05) is 11.3 Å². The van der Waals surface area contributed by atoms with E-state index in [-0.39, 0.29) is 12.2 Å². The molecule has 0 bridgehead atoms. The van der Waals surface area contributed by atoms with E-state index >= 15 is 0 Å². The van der Waals surface area contributed by atoms with Gasteiger partial charge in [0.1, 0.15) is 17.9 Å². The van der Waals surface area contributed by atoms with Crippen molar-refractivity contribution in [3.63, 3.8) is 0 Å².